The van der Waals surface area contributed by atoms with Gasteiger partial charge in [0.15, 0.2) is 6.10 Å². The number of anilines is 1. The second-order valence-electron chi connectivity index (χ2n) is 4.17. The van der Waals surface area contributed by atoms with Crippen LogP contribution in [0.4, 0.5) is 5.69 Å². The highest BCUT2D eigenvalue weighted by Gasteiger charge is 2.10. The zero-order valence-electron chi connectivity index (χ0n) is 11.4. The van der Waals surface area contributed by atoms with Gasteiger partial charge >= 0.3 is 5.97 Å². The molecule has 0 heterocycles. The van der Waals surface area contributed by atoms with E-state index in [1.165, 1.54) is 6.92 Å². The second-order valence-corrected chi connectivity index (χ2v) is 5.16. The van der Waals surface area contributed by atoms with Gasteiger partial charge in [-0.1, -0.05) is 12.1 Å². The van der Waals surface area contributed by atoms with Crippen LogP contribution in [-0.2, 0) is 14.3 Å². The summed E-state index contributed by atoms with van der Waals surface area (Å²) in [5.41, 5.74) is 1.79. The average Bonchev–Trinajstić information content (AvgIpc) is 2.38. The highest BCUT2D eigenvalue weighted by Crippen LogP contribution is 2.10. The molecule has 1 N–H and O–H groups in total. The fourth-order valence-electron chi connectivity index (χ4n) is 1.40. The zero-order chi connectivity index (χ0) is 15.0. The lowest BCUT2D eigenvalue weighted by atomic mass is 10.2. The number of nitriles is 1. The van der Waals surface area contributed by atoms with Gasteiger partial charge in [-0.25, -0.2) is 0 Å². The number of carbonyl (C=O) groups is 2. The van der Waals surface area contributed by atoms with Crippen molar-refractivity contribution in [3.63, 3.8) is 0 Å². The molecule has 0 saturated carbocycles. The third-order valence-electron chi connectivity index (χ3n) is 2.24. The Hall–Kier alpha value is -2.00. The maximum absolute atomic E-state index is 11.6. The van der Waals surface area contributed by atoms with E-state index in [1.807, 2.05) is 25.1 Å². The molecular weight excluding hydrogens is 276 g/mol. The minimum atomic E-state index is -0.760. The third-order valence-corrected chi connectivity index (χ3v) is 3.15. The van der Waals surface area contributed by atoms with Gasteiger partial charge in [-0.3, -0.25) is 9.59 Å². The number of amides is 1. The van der Waals surface area contributed by atoms with Gasteiger partial charge in [0.2, 0.25) is 5.91 Å². The van der Waals surface area contributed by atoms with Crippen LogP contribution in [0.2, 0.25) is 0 Å². The van der Waals surface area contributed by atoms with Crippen molar-refractivity contribution >= 4 is 29.3 Å². The van der Waals surface area contributed by atoms with Crippen molar-refractivity contribution in [2.24, 2.45) is 0 Å². The minimum absolute atomic E-state index is 0.0489. The lowest BCUT2D eigenvalue weighted by molar-refractivity contribution is -0.142. The van der Waals surface area contributed by atoms with Crippen LogP contribution in [0.25, 0.3) is 0 Å². The Morgan fingerprint density at radius 2 is 2.20 bits per heavy atom. The van der Waals surface area contributed by atoms with Gasteiger partial charge in [0, 0.05) is 5.69 Å². The molecule has 0 aliphatic rings. The van der Waals surface area contributed by atoms with E-state index in [-0.39, 0.29) is 17.4 Å². The van der Waals surface area contributed by atoms with E-state index in [2.05, 4.69) is 5.32 Å². The smallest absolute Gasteiger partial charge is 0.317 e. The molecule has 0 saturated heterocycles. The Morgan fingerprint density at radius 3 is 2.85 bits per heavy atom. The maximum Gasteiger partial charge on any atom is 0.317 e. The van der Waals surface area contributed by atoms with Crippen molar-refractivity contribution in [2.45, 2.75) is 20.0 Å². The number of esters is 1. The molecule has 0 aliphatic heterocycles. The summed E-state index contributed by atoms with van der Waals surface area (Å²) in [5.74, 6) is -0.467. The monoisotopic (exact) mass is 292 g/mol. The first-order valence-electron chi connectivity index (χ1n) is 6.04. The summed E-state index contributed by atoms with van der Waals surface area (Å²) in [4.78, 5) is 22.9. The van der Waals surface area contributed by atoms with E-state index in [0.717, 1.165) is 23.0 Å². The minimum Gasteiger partial charge on any atom is -0.447 e. The van der Waals surface area contributed by atoms with Crippen molar-refractivity contribution in [1.82, 2.24) is 0 Å². The Balaban J connectivity index is 2.27. The first-order valence-corrected chi connectivity index (χ1v) is 7.20. The van der Waals surface area contributed by atoms with Crippen LogP contribution in [0.3, 0.4) is 0 Å². The lowest BCUT2D eigenvalue weighted by Crippen LogP contribution is -2.18. The Labute approximate surface area is 122 Å². The summed E-state index contributed by atoms with van der Waals surface area (Å²) in [6.07, 6.45) is -0.760. The van der Waals surface area contributed by atoms with Crippen LogP contribution in [0.15, 0.2) is 24.3 Å². The van der Waals surface area contributed by atoms with Gasteiger partial charge in [-0.2, -0.15) is 5.26 Å². The molecule has 0 radical (unpaired) electrons. The Kier molecular flexibility index (Phi) is 6.60. The highest BCUT2D eigenvalue weighted by molar-refractivity contribution is 8.00. The summed E-state index contributed by atoms with van der Waals surface area (Å²) < 4.78 is 4.76. The number of thioether (sulfide) groups is 1. The molecule has 0 aromatic heterocycles. The zero-order valence-corrected chi connectivity index (χ0v) is 12.2. The second kappa shape index (κ2) is 8.23. The van der Waals surface area contributed by atoms with Crippen LogP contribution >= 0.6 is 11.8 Å². The normalized spacial score (nSPS) is 11.2. The van der Waals surface area contributed by atoms with Crippen LogP contribution in [0.5, 0.6) is 0 Å². The first kappa shape index (κ1) is 16.1. The Bertz CT molecular complexity index is 525. The van der Waals surface area contributed by atoms with Crippen LogP contribution in [0, 0.1) is 18.3 Å². The molecule has 0 spiro atoms. The quantitative estimate of drug-likeness (QED) is 0.812. The van der Waals surface area contributed by atoms with Gasteiger partial charge in [-0.15, -0.1) is 11.8 Å². The summed E-state index contributed by atoms with van der Waals surface area (Å²) >= 11 is 1.15. The van der Waals surface area contributed by atoms with E-state index in [1.54, 1.807) is 12.1 Å². The van der Waals surface area contributed by atoms with E-state index >= 15 is 0 Å². The number of carbonyl (C=O) groups excluding carboxylic acids is 2. The van der Waals surface area contributed by atoms with Crippen LogP contribution < -0.4 is 5.32 Å². The molecule has 1 aromatic rings. The molecule has 1 rings (SSSR count). The molecule has 0 unspecified atom stereocenters. The molecule has 106 valence electrons. The number of hydrogen-bond donors (Lipinski definition) is 1. The average molecular weight is 292 g/mol. The fraction of sp³-hybridized carbons (Fsp3) is 0.357. The molecule has 1 amide bonds. The standard InChI is InChI=1S/C14H16N2O3S/c1-10-4-3-5-12(6-10)16-13(17)8-20-9-14(18)19-11(2)7-15/h3-6,11H,8-9H2,1-2H3,(H,16,17)/t11-/m1/s1. The fourth-order valence-corrected chi connectivity index (χ4v) is 2.00. The molecule has 1 aromatic carbocycles. The number of hydrogen-bond acceptors (Lipinski definition) is 5. The molecule has 0 bridgehead atoms. The van der Waals surface area contributed by atoms with Crippen LogP contribution in [-0.4, -0.2) is 29.5 Å². The largest absolute Gasteiger partial charge is 0.447 e. The van der Waals surface area contributed by atoms with Gasteiger partial charge < -0.3 is 10.1 Å². The summed E-state index contributed by atoms with van der Waals surface area (Å²) in [5, 5.41) is 11.2. The van der Waals surface area contributed by atoms with Crippen molar-refractivity contribution < 1.29 is 14.3 Å². The van der Waals surface area contributed by atoms with Gasteiger partial charge in [0.05, 0.1) is 11.5 Å². The molecule has 6 heteroatoms. The number of nitrogens with zero attached hydrogens (tertiary/aromatic N) is 1. The number of nitrogens with one attached hydrogen (secondary N) is 1. The summed E-state index contributed by atoms with van der Waals surface area (Å²) in [6, 6.07) is 9.27. The maximum atomic E-state index is 11.6. The molecule has 1 atom stereocenters. The summed E-state index contributed by atoms with van der Waals surface area (Å²) in [7, 11) is 0. The number of aryl methyl sites for hydroxylation is 1. The van der Waals surface area contributed by atoms with Crippen molar-refractivity contribution in [2.75, 3.05) is 16.8 Å². The van der Waals surface area contributed by atoms with Crippen LogP contribution in [0.1, 0.15) is 12.5 Å². The SMILES string of the molecule is Cc1cccc(NC(=O)CSCC(=O)O[C@H](C)C#N)c1. The highest BCUT2D eigenvalue weighted by atomic mass is 32.2. The third kappa shape index (κ3) is 6.25. The predicted molar refractivity (Wildman–Crippen MR) is 78.3 cm³/mol. The molecule has 5 nitrogen and oxygen atoms in total. The molecule has 0 aliphatic carbocycles. The predicted octanol–water partition coefficient (Wildman–Crippen LogP) is 2.12. The van der Waals surface area contributed by atoms with Gasteiger partial charge in [0.1, 0.15) is 6.07 Å². The Morgan fingerprint density at radius 1 is 1.45 bits per heavy atom. The summed E-state index contributed by atoms with van der Waals surface area (Å²) in [6.45, 7) is 3.43. The molecule has 20 heavy (non-hydrogen) atoms. The van der Waals surface area contributed by atoms with Gasteiger partial charge in [0.25, 0.3) is 0 Å². The van der Waals surface area contributed by atoms with E-state index in [4.69, 9.17) is 10.00 Å². The number of ether oxygens (including phenoxy) is 1. The molecule has 0 fully saturated rings. The van der Waals surface area contributed by atoms with Crippen molar-refractivity contribution in [3.8, 4) is 6.07 Å². The van der Waals surface area contributed by atoms with E-state index in [9.17, 15) is 9.59 Å². The van der Waals surface area contributed by atoms with Crippen molar-refractivity contribution in [3.05, 3.63) is 29.8 Å². The lowest BCUT2D eigenvalue weighted by Gasteiger charge is -2.07. The van der Waals surface area contributed by atoms with Crippen molar-refractivity contribution in [1.29, 1.82) is 5.26 Å². The number of rotatable bonds is 6. The molecular formula is C14H16N2O3S. The van der Waals surface area contributed by atoms with E-state index < -0.39 is 12.1 Å². The van der Waals surface area contributed by atoms with E-state index in [0.29, 0.717) is 0 Å². The van der Waals surface area contributed by atoms with Gasteiger partial charge in [-0.05, 0) is 31.5 Å². The number of benzene rings is 1. The topological polar surface area (TPSA) is 79.2 Å². The first-order chi connectivity index (χ1) is 9.51.